The fraction of sp³-hybridized carbons (Fsp3) is 0.208. The van der Waals surface area contributed by atoms with Crippen LogP contribution < -0.4 is 11.1 Å². The molecule has 0 bridgehead atoms. The number of anilines is 1. The third-order valence-electron chi connectivity index (χ3n) is 5.61. The molecule has 0 fully saturated rings. The van der Waals surface area contributed by atoms with Gasteiger partial charge in [0.2, 0.25) is 0 Å². The second-order valence-electron chi connectivity index (χ2n) is 7.61. The van der Waals surface area contributed by atoms with E-state index in [4.69, 9.17) is 10.5 Å². The summed E-state index contributed by atoms with van der Waals surface area (Å²) in [5.41, 5.74) is 9.04. The molecule has 6 nitrogen and oxygen atoms in total. The minimum Gasteiger partial charge on any atom is -0.449 e. The van der Waals surface area contributed by atoms with Crippen LogP contribution in [0.5, 0.6) is 0 Å². The maximum absolute atomic E-state index is 13.6. The number of ether oxygens (including phenoxy) is 1. The van der Waals surface area contributed by atoms with Crippen LogP contribution in [0, 0.1) is 11.6 Å². The lowest BCUT2D eigenvalue weighted by Gasteiger charge is -2.20. The fourth-order valence-corrected chi connectivity index (χ4v) is 4.01. The summed E-state index contributed by atoms with van der Waals surface area (Å²) in [7, 11) is 0. The highest BCUT2D eigenvalue weighted by molar-refractivity contribution is 5.79. The number of nitrogens with one attached hydrogen (secondary N) is 1. The first-order valence-electron chi connectivity index (χ1n) is 10.1. The van der Waals surface area contributed by atoms with Crippen molar-refractivity contribution in [2.24, 2.45) is 0 Å². The average molecular weight is 440 g/mol. The predicted molar refractivity (Wildman–Crippen MR) is 115 cm³/mol. The van der Waals surface area contributed by atoms with Crippen LogP contribution in [-0.2, 0) is 4.74 Å². The summed E-state index contributed by atoms with van der Waals surface area (Å²) in [6.07, 6.45) is -4.05. The van der Waals surface area contributed by atoms with Crippen molar-refractivity contribution in [3.63, 3.8) is 0 Å². The van der Waals surface area contributed by atoms with Crippen LogP contribution in [0.1, 0.15) is 28.7 Å². The number of hydrogen-bond acceptors (Lipinski definition) is 5. The summed E-state index contributed by atoms with van der Waals surface area (Å²) in [4.78, 5) is 12.2. The third kappa shape index (κ3) is 4.15. The van der Waals surface area contributed by atoms with Gasteiger partial charge >= 0.3 is 6.09 Å². The van der Waals surface area contributed by atoms with Crippen molar-refractivity contribution in [3.8, 4) is 11.1 Å². The van der Waals surface area contributed by atoms with E-state index >= 15 is 0 Å². The molecule has 0 spiro atoms. The van der Waals surface area contributed by atoms with Gasteiger partial charge in [-0.15, -0.1) is 0 Å². The molecule has 8 heteroatoms. The first-order valence-corrected chi connectivity index (χ1v) is 10.1. The van der Waals surface area contributed by atoms with Crippen LogP contribution in [0.4, 0.5) is 19.3 Å². The Bertz CT molecular complexity index is 1110. The summed E-state index contributed by atoms with van der Waals surface area (Å²) in [5.74, 6) is -2.11. The zero-order chi connectivity index (χ0) is 22.8. The van der Waals surface area contributed by atoms with Gasteiger partial charge in [-0.05, 0) is 28.3 Å². The molecule has 1 aliphatic carbocycles. The van der Waals surface area contributed by atoms with E-state index in [1.165, 1.54) is 0 Å². The first kappa shape index (κ1) is 21.7. The molecular formula is C24H22F2N2O4. The van der Waals surface area contributed by atoms with E-state index < -0.39 is 42.2 Å². The van der Waals surface area contributed by atoms with E-state index in [1.54, 1.807) is 0 Å². The molecule has 3 aromatic carbocycles. The first-order chi connectivity index (χ1) is 15.4. The maximum atomic E-state index is 13.6. The Kier molecular flexibility index (Phi) is 6.07. The Hall–Kier alpha value is -3.49. The standard InChI is InChI=1S/C24H22F2N2O4/c25-13-9-18(22(27)20(26)10-13)23(30)21(29)11-28-24(31)32-12-19-16-7-3-1-5-14(16)15-6-2-4-8-17(15)19/h1-10,19,21,23,29-30H,11-12,27H2,(H,28,31). The molecular weight excluding hydrogens is 418 g/mol. The van der Waals surface area contributed by atoms with Crippen LogP contribution in [0.2, 0.25) is 0 Å². The molecule has 3 aromatic rings. The number of aliphatic hydroxyl groups is 2. The summed E-state index contributed by atoms with van der Waals surface area (Å²) in [6.45, 7) is -0.323. The van der Waals surface area contributed by atoms with Gasteiger partial charge in [-0.2, -0.15) is 0 Å². The fourth-order valence-electron chi connectivity index (χ4n) is 4.01. The van der Waals surface area contributed by atoms with E-state index in [9.17, 15) is 23.8 Å². The van der Waals surface area contributed by atoms with Gasteiger partial charge in [0, 0.05) is 24.1 Å². The lowest BCUT2D eigenvalue weighted by Crippen LogP contribution is -2.36. The van der Waals surface area contributed by atoms with E-state index in [0.717, 1.165) is 28.3 Å². The van der Waals surface area contributed by atoms with Gasteiger partial charge in [0.15, 0.2) is 0 Å². The highest BCUT2D eigenvalue weighted by Crippen LogP contribution is 2.44. The SMILES string of the molecule is Nc1c(F)cc(F)cc1C(O)C(O)CNC(=O)OCC1c2ccccc2-c2ccccc21. The Labute approximate surface area is 183 Å². The van der Waals surface area contributed by atoms with E-state index in [-0.39, 0.29) is 18.1 Å². The summed E-state index contributed by atoms with van der Waals surface area (Å²) < 4.78 is 32.4. The Morgan fingerprint density at radius 1 is 1.03 bits per heavy atom. The maximum Gasteiger partial charge on any atom is 0.407 e. The van der Waals surface area contributed by atoms with Crippen molar-refractivity contribution in [1.82, 2.24) is 5.32 Å². The van der Waals surface area contributed by atoms with Gasteiger partial charge in [-0.25, -0.2) is 13.6 Å². The third-order valence-corrected chi connectivity index (χ3v) is 5.61. The summed E-state index contributed by atoms with van der Waals surface area (Å²) in [6, 6.07) is 17.2. The predicted octanol–water partition coefficient (Wildman–Crippen LogP) is 3.48. The molecule has 0 heterocycles. The average Bonchev–Trinajstić information content (AvgIpc) is 3.11. The molecule has 1 aliphatic rings. The highest BCUT2D eigenvalue weighted by Gasteiger charge is 2.29. The summed E-state index contributed by atoms with van der Waals surface area (Å²) in [5, 5.41) is 22.7. The van der Waals surface area contributed by atoms with Gasteiger partial charge in [-0.3, -0.25) is 0 Å². The Morgan fingerprint density at radius 2 is 1.62 bits per heavy atom. The number of halogens is 2. The van der Waals surface area contributed by atoms with Gasteiger partial charge in [0.1, 0.15) is 30.4 Å². The van der Waals surface area contributed by atoms with Crippen LogP contribution in [-0.4, -0.2) is 35.6 Å². The number of carbonyl (C=O) groups is 1. The minimum atomic E-state index is -1.70. The minimum absolute atomic E-state index is 0.0839. The van der Waals surface area contributed by atoms with E-state index in [1.807, 2.05) is 48.5 Å². The van der Waals surface area contributed by atoms with Crippen molar-refractivity contribution < 1.29 is 28.5 Å². The number of nitrogen functional groups attached to an aromatic ring is 1. The molecule has 0 saturated heterocycles. The molecule has 0 saturated carbocycles. The van der Waals surface area contributed by atoms with Crippen molar-refractivity contribution in [2.45, 2.75) is 18.1 Å². The van der Waals surface area contributed by atoms with Crippen molar-refractivity contribution in [3.05, 3.63) is 89.0 Å². The number of fused-ring (bicyclic) bond motifs is 3. The van der Waals surface area contributed by atoms with Gasteiger partial charge in [-0.1, -0.05) is 48.5 Å². The number of hydrogen-bond donors (Lipinski definition) is 4. The quantitative estimate of drug-likeness (QED) is 0.440. The molecule has 32 heavy (non-hydrogen) atoms. The normalized spacial score (nSPS) is 14.4. The number of carbonyl (C=O) groups excluding carboxylic acids is 1. The topological polar surface area (TPSA) is 105 Å². The monoisotopic (exact) mass is 440 g/mol. The van der Waals surface area contributed by atoms with Crippen molar-refractivity contribution in [1.29, 1.82) is 0 Å². The number of benzene rings is 3. The van der Waals surface area contributed by atoms with Crippen LogP contribution in [0.25, 0.3) is 11.1 Å². The molecule has 2 unspecified atom stereocenters. The van der Waals surface area contributed by atoms with E-state index in [2.05, 4.69) is 5.32 Å². The molecule has 5 N–H and O–H groups in total. The molecule has 0 aliphatic heterocycles. The number of aliphatic hydroxyl groups excluding tert-OH is 2. The molecule has 0 radical (unpaired) electrons. The number of amides is 1. The molecule has 4 rings (SSSR count). The molecule has 1 amide bonds. The van der Waals surface area contributed by atoms with Gasteiger partial charge in [0.25, 0.3) is 0 Å². The number of rotatable bonds is 6. The number of nitrogens with two attached hydrogens (primary N) is 1. The lowest BCUT2D eigenvalue weighted by atomic mass is 9.98. The Balaban J connectivity index is 1.36. The second kappa shape index (κ2) is 8.94. The molecule has 0 aromatic heterocycles. The van der Waals surface area contributed by atoms with Crippen LogP contribution >= 0.6 is 0 Å². The molecule has 166 valence electrons. The van der Waals surface area contributed by atoms with Crippen LogP contribution in [0.15, 0.2) is 60.7 Å². The van der Waals surface area contributed by atoms with Crippen molar-refractivity contribution in [2.75, 3.05) is 18.9 Å². The van der Waals surface area contributed by atoms with Crippen LogP contribution in [0.3, 0.4) is 0 Å². The zero-order valence-corrected chi connectivity index (χ0v) is 17.0. The Morgan fingerprint density at radius 3 is 2.25 bits per heavy atom. The number of alkyl carbamates (subject to hydrolysis) is 1. The van der Waals surface area contributed by atoms with Gasteiger partial charge in [0.05, 0.1) is 5.69 Å². The molecule has 2 atom stereocenters. The lowest BCUT2D eigenvalue weighted by molar-refractivity contribution is 0.0187. The second-order valence-corrected chi connectivity index (χ2v) is 7.61. The largest absolute Gasteiger partial charge is 0.449 e. The van der Waals surface area contributed by atoms with Crippen molar-refractivity contribution >= 4 is 11.8 Å². The van der Waals surface area contributed by atoms with Gasteiger partial charge < -0.3 is 26.0 Å². The smallest absolute Gasteiger partial charge is 0.407 e. The summed E-state index contributed by atoms with van der Waals surface area (Å²) >= 11 is 0. The van der Waals surface area contributed by atoms with E-state index in [0.29, 0.717) is 6.07 Å². The highest BCUT2D eigenvalue weighted by atomic mass is 19.1. The zero-order valence-electron chi connectivity index (χ0n) is 17.0.